The number of fused-ring (bicyclic) bond motifs is 1. The number of nitrogens with two attached hydrogens (primary N) is 1. The third kappa shape index (κ3) is 2.37. The van der Waals surface area contributed by atoms with Crippen LogP contribution in [-0.2, 0) is 6.54 Å². The zero-order chi connectivity index (χ0) is 13.9. The van der Waals surface area contributed by atoms with E-state index in [1.807, 2.05) is 36.4 Å². The molecule has 0 bridgehead atoms. The summed E-state index contributed by atoms with van der Waals surface area (Å²) < 4.78 is 11.1. The van der Waals surface area contributed by atoms with E-state index in [1.54, 1.807) is 7.11 Å². The lowest BCUT2D eigenvalue weighted by Crippen LogP contribution is -2.32. The Morgan fingerprint density at radius 3 is 2.95 bits per heavy atom. The van der Waals surface area contributed by atoms with Crippen molar-refractivity contribution < 1.29 is 9.47 Å². The fourth-order valence-electron chi connectivity index (χ4n) is 2.49. The lowest BCUT2D eigenvalue weighted by molar-refractivity contribution is 0.306. The van der Waals surface area contributed by atoms with E-state index in [2.05, 4.69) is 11.0 Å². The predicted molar refractivity (Wildman–Crippen MR) is 80.4 cm³/mol. The molecule has 4 heteroatoms. The number of hydrogen-bond donors (Lipinski definition) is 1. The Labute approximate surface area is 118 Å². The van der Waals surface area contributed by atoms with Crippen molar-refractivity contribution in [1.82, 2.24) is 0 Å². The molecule has 0 atom stereocenters. The fourth-order valence-corrected chi connectivity index (χ4v) is 2.49. The Hall–Kier alpha value is -2.36. The summed E-state index contributed by atoms with van der Waals surface area (Å²) in [5.41, 5.74) is 8.76. The molecule has 2 aromatic carbocycles. The van der Waals surface area contributed by atoms with Gasteiger partial charge in [0, 0.05) is 23.9 Å². The van der Waals surface area contributed by atoms with Gasteiger partial charge in [0.2, 0.25) is 0 Å². The van der Waals surface area contributed by atoms with Gasteiger partial charge in [0.05, 0.1) is 19.3 Å². The molecule has 0 saturated heterocycles. The molecule has 0 spiro atoms. The molecule has 0 fully saturated rings. The SMILES string of the molecule is COc1cc(N)ccc1CN1CCOc2ccccc21. The average molecular weight is 270 g/mol. The fraction of sp³-hybridized carbons (Fsp3) is 0.250. The molecule has 104 valence electrons. The van der Waals surface area contributed by atoms with Crippen LogP contribution in [-0.4, -0.2) is 20.3 Å². The van der Waals surface area contributed by atoms with E-state index in [0.717, 1.165) is 35.8 Å². The first kappa shape index (κ1) is 12.7. The van der Waals surface area contributed by atoms with Crippen LogP contribution >= 0.6 is 0 Å². The third-order valence-corrected chi connectivity index (χ3v) is 3.50. The van der Waals surface area contributed by atoms with E-state index in [1.165, 1.54) is 0 Å². The van der Waals surface area contributed by atoms with E-state index in [9.17, 15) is 0 Å². The number of nitrogen functional groups attached to an aromatic ring is 1. The summed E-state index contributed by atoms with van der Waals surface area (Å²) in [6.07, 6.45) is 0. The molecule has 2 N–H and O–H groups in total. The largest absolute Gasteiger partial charge is 0.496 e. The molecule has 2 aromatic rings. The number of hydrogen-bond acceptors (Lipinski definition) is 4. The van der Waals surface area contributed by atoms with Crippen LogP contribution in [0.25, 0.3) is 0 Å². The molecule has 20 heavy (non-hydrogen) atoms. The maximum atomic E-state index is 5.80. The lowest BCUT2D eigenvalue weighted by atomic mass is 10.1. The van der Waals surface area contributed by atoms with Crippen molar-refractivity contribution in [3.63, 3.8) is 0 Å². The molecule has 0 amide bonds. The van der Waals surface area contributed by atoms with E-state index in [-0.39, 0.29) is 0 Å². The topological polar surface area (TPSA) is 47.7 Å². The number of rotatable bonds is 3. The van der Waals surface area contributed by atoms with Crippen LogP contribution in [0.1, 0.15) is 5.56 Å². The number of ether oxygens (including phenoxy) is 2. The Morgan fingerprint density at radius 1 is 1.25 bits per heavy atom. The minimum Gasteiger partial charge on any atom is -0.496 e. The highest BCUT2D eigenvalue weighted by molar-refractivity contribution is 5.60. The number of para-hydroxylation sites is 2. The molecule has 1 heterocycles. The predicted octanol–water partition coefficient (Wildman–Crippen LogP) is 2.68. The summed E-state index contributed by atoms with van der Waals surface area (Å²) in [5.74, 6) is 1.77. The van der Waals surface area contributed by atoms with Gasteiger partial charge in [-0.15, -0.1) is 0 Å². The van der Waals surface area contributed by atoms with Crippen LogP contribution in [0.4, 0.5) is 11.4 Å². The van der Waals surface area contributed by atoms with Crippen molar-refractivity contribution in [3.8, 4) is 11.5 Å². The summed E-state index contributed by atoms with van der Waals surface area (Å²) in [7, 11) is 1.67. The Morgan fingerprint density at radius 2 is 2.10 bits per heavy atom. The zero-order valence-electron chi connectivity index (χ0n) is 11.5. The van der Waals surface area contributed by atoms with Gasteiger partial charge in [-0.1, -0.05) is 18.2 Å². The summed E-state index contributed by atoms with van der Waals surface area (Å²) in [6, 6.07) is 13.9. The molecule has 4 nitrogen and oxygen atoms in total. The van der Waals surface area contributed by atoms with Gasteiger partial charge in [-0.3, -0.25) is 0 Å². The summed E-state index contributed by atoms with van der Waals surface area (Å²) in [4.78, 5) is 2.30. The maximum Gasteiger partial charge on any atom is 0.142 e. The Bertz CT molecular complexity index is 613. The van der Waals surface area contributed by atoms with E-state index in [4.69, 9.17) is 15.2 Å². The van der Waals surface area contributed by atoms with Crippen molar-refractivity contribution in [3.05, 3.63) is 48.0 Å². The quantitative estimate of drug-likeness (QED) is 0.871. The van der Waals surface area contributed by atoms with Crippen molar-refractivity contribution >= 4 is 11.4 Å². The monoisotopic (exact) mass is 270 g/mol. The van der Waals surface area contributed by atoms with Gasteiger partial charge in [-0.05, 0) is 18.2 Å². The minimum atomic E-state index is 0.703. The highest BCUT2D eigenvalue weighted by atomic mass is 16.5. The van der Waals surface area contributed by atoms with Crippen molar-refractivity contribution in [2.24, 2.45) is 0 Å². The maximum absolute atomic E-state index is 5.80. The van der Waals surface area contributed by atoms with Gasteiger partial charge in [-0.2, -0.15) is 0 Å². The zero-order valence-corrected chi connectivity index (χ0v) is 11.5. The molecule has 0 aliphatic carbocycles. The number of anilines is 2. The first-order chi connectivity index (χ1) is 9.78. The summed E-state index contributed by atoms with van der Waals surface area (Å²) in [5, 5.41) is 0. The third-order valence-electron chi connectivity index (χ3n) is 3.50. The smallest absolute Gasteiger partial charge is 0.142 e. The van der Waals surface area contributed by atoms with Crippen LogP contribution in [0.15, 0.2) is 42.5 Å². The van der Waals surface area contributed by atoms with Gasteiger partial charge in [0.15, 0.2) is 0 Å². The number of nitrogens with zero attached hydrogens (tertiary/aromatic N) is 1. The van der Waals surface area contributed by atoms with Crippen molar-refractivity contribution in [2.45, 2.75) is 6.54 Å². The number of methoxy groups -OCH3 is 1. The van der Waals surface area contributed by atoms with Crippen molar-refractivity contribution in [1.29, 1.82) is 0 Å². The summed E-state index contributed by atoms with van der Waals surface area (Å²) in [6.45, 7) is 2.35. The molecule has 0 unspecified atom stereocenters. The second kappa shape index (κ2) is 5.33. The van der Waals surface area contributed by atoms with Crippen LogP contribution in [0.5, 0.6) is 11.5 Å². The molecule has 0 saturated carbocycles. The summed E-state index contributed by atoms with van der Waals surface area (Å²) >= 11 is 0. The van der Waals surface area contributed by atoms with E-state index >= 15 is 0 Å². The minimum absolute atomic E-state index is 0.703. The second-order valence-electron chi connectivity index (χ2n) is 4.81. The highest BCUT2D eigenvalue weighted by Gasteiger charge is 2.18. The second-order valence-corrected chi connectivity index (χ2v) is 4.81. The molecular formula is C16H18N2O2. The molecule has 3 rings (SSSR count). The number of benzene rings is 2. The molecule has 0 radical (unpaired) electrons. The van der Waals surface area contributed by atoms with Gasteiger partial charge >= 0.3 is 0 Å². The molecular weight excluding hydrogens is 252 g/mol. The van der Waals surface area contributed by atoms with E-state index < -0.39 is 0 Å². The molecule has 1 aliphatic heterocycles. The molecule has 1 aliphatic rings. The molecule has 0 aromatic heterocycles. The normalized spacial score (nSPS) is 13.6. The first-order valence-corrected chi connectivity index (χ1v) is 6.67. The standard InChI is InChI=1S/C16H18N2O2/c1-19-16-10-13(17)7-6-12(16)11-18-8-9-20-15-5-3-2-4-14(15)18/h2-7,10H,8-9,11,17H2,1H3. The van der Waals surface area contributed by atoms with Crippen LogP contribution in [0.3, 0.4) is 0 Å². The van der Waals surface area contributed by atoms with Crippen LogP contribution in [0.2, 0.25) is 0 Å². The Kier molecular flexibility index (Phi) is 3.37. The highest BCUT2D eigenvalue weighted by Crippen LogP contribution is 2.33. The Balaban J connectivity index is 1.89. The van der Waals surface area contributed by atoms with Crippen LogP contribution in [0, 0.1) is 0 Å². The lowest BCUT2D eigenvalue weighted by Gasteiger charge is -2.31. The first-order valence-electron chi connectivity index (χ1n) is 6.67. The van der Waals surface area contributed by atoms with Crippen molar-refractivity contribution in [2.75, 3.05) is 30.9 Å². The van der Waals surface area contributed by atoms with Gasteiger partial charge in [0.1, 0.15) is 18.1 Å². The van der Waals surface area contributed by atoms with Crippen LogP contribution < -0.4 is 20.1 Å². The van der Waals surface area contributed by atoms with Gasteiger partial charge in [-0.25, -0.2) is 0 Å². The van der Waals surface area contributed by atoms with Gasteiger partial charge < -0.3 is 20.1 Å². The average Bonchev–Trinajstić information content (AvgIpc) is 2.49. The van der Waals surface area contributed by atoms with Gasteiger partial charge in [0.25, 0.3) is 0 Å². The van der Waals surface area contributed by atoms with E-state index in [0.29, 0.717) is 12.3 Å².